The predicted octanol–water partition coefficient (Wildman–Crippen LogP) is 3.88. The molecule has 1 heterocycles. The maximum absolute atomic E-state index is 12.5. The van der Waals surface area contributed by atoms with E-state index in [2.05, 4.69) is 0 Å². The lowest BCUT2D eigenvalue weighted by molar-refractivity contribution is -0.126. The predicted molar refractivity (Wildman–Crippen MR) is 100 cm³/mol. The number of benzene rings is 2. The lowest BCUT2D eigenvalue weighted by Gasteiger charge is -2.19. The zero-order valence-electron chi connectivity index (χ0n) is 15.1. The van der Waals surface area contributed by atoms with Crippen molar-refractivity contribution in [1.82, 2.24) is 4.90 Å². The number of likely N-dealkylation sites (N-methyl/N-ethyl adjacent to an activating group) is 1. The van der Waals surface area contributed by atoms with Crippen LogP contribution in [0, 0.1) is 0 Å². The molecule has 26 heavy (non-hydrogen) atoms. The molecule has 0 aromatic heterocycles. The molecule has 2 aromatic carbocycles. The van der Waals surface area contributed by atoms with Gasteiger partial charge in [0.25, 0.3) is 0 Å². The molecule has 3 rings (SSSR count). The van der Waals surface area contributed by atoms with Gasteiger partial charge in [0, 0.05) is 19.2 Å². The van der Waals surface area contributed by atoms with Crippen LogP contribution in [-0.2, 0) is 11.3 Å². The molecule has 0 fully saturated rings. The molecule has 0 spiro atoms. The van der Waals surface area contributed by atoms with Gasteiger partial charge in [-0.05, 0) is 55.3 Å². The van der Waals surface area contributed by atoms with Gasteiger partial charge >= 0.3 is 0 Å². The number of carbonyl (C=O) groups is 1. The topological polar surface area (TPSA) is 48.0 Å². The van der Waals surface area contributed by atoms with Crippen molar-refractivity contribution in [3.05, 3.63) is 59.7 Å². The summed E-state index contributed by atoms with van der Waals surface area (Å²) < 4.78 is 16.1. The number of carbonyl (C=O) groups excluding carboxylic acids is 1. The van der Waals surface area contributed by atoms with E-state index < -0.39 is 0 Å². The molecule has 0 saturated carbocycles. The Morgan fingerprint density at radius 3 is 2.62 bits per heavy atom. The van der Waals surface area contributed by atoms with Gasteiger partial charge in [0.2, 0.25) is 12.7 Å². The van der Waals surface area contributed by atoms with E-state index in [4.69, 9.17) is 14.2 Å². The third kappa shape index (κ3) is 4.36. The van der Waals surface area contributed by atoms with Gasteiger partial charge in [-0.2, -0.15) is 0 Å². The van der Waals surface area contributed by atoms with E-state index in [0.29, 0.717) is 19.7 Å². The highest BCUT2D eigenvalue weighted by Gasteiger charge is 2.15. The Morgan fingerprint density at radius 1 is 1.12 bits per heavy atom. The Bertz CT molecular complexity index is 783. The highest BCUT2D eigenvalue weighted by atomic mass is 16.7. The minimum Gasteiger partial charge on any atom is -0.494 e. The summed E-state index contributed by atoms with van der Waals surface area (Å²) in [4.78, 5) is 14.3. The molecule has 1 aliphatic heterocycles. The molecule has 0 aliphatic carbocycles. The number of nitrogens with zero attached hydrogens (tertiary/aromatic N) is 1. The molecule has 1 amide bonds. The van der Waals surface area contributed by atoms with Crippen molar-refractivity contribution in [1.29, 1.82) is 0 Å². The molecule has 0 N–H and O–H groups in total. The van der Waals surface area contributed by atoms with Crippen molar-refractivity contribution in [3.63, 3.8) is 0 Å². The van der Waals surface area contributed by atoms with Gasteiger partial charge < -0.3 is 19.1 Å². The SMILES string of the molecule is CCOc1ccc(/C=C/C(=O)N(CC)Cc2ccc3c(c2)OCO3)cc1. The average molecular weight is 353 g/mol. The molecule has 136 valence electrons. The van der Waals surface area contributed by atoms with Crippen LogP contribution < -0.4 is 14.2 Å². The summed E-state index contributed by atoms with van der Waals surface area (Å²) >= 11 is 0. The normalized spacial score (nSPS) is 12.4. The van der Waals surface area contributed by atoms with Crippen LogP contribution >= 0.6 is 0 Å². The fourth-order valence-electron chi connectivity index (χ4n) is 2.72. The molecular formula is C21H23NO4. The highest BCUT2D eigenvalue weighted by molar-refractivity contribution is 5.91. The Kier molecular flexibility index (Phi) is 5.79. The van der Waals surface area contributed by atoms with Gasteiger partial charge in [0.05, 0.1) is 6.61 Å². The van der Waals surface area contributed by atoms with Crippen LogP contribution in [-0.4, -0.2) is 30.8 Å². The molecule has 1 aliphatic rings. The second-order valence-electron chi connectivity index (χ2n) is 5.88. The fourth-order valence-corrected chi connectivity index (χ4v) is 2.72. The number of hydrogen-bond acceptors (Lipinski definition) is 4. The number of rotatable bonds is 7. The lowest BCUT2D eigenvalue weighted by Crippen LogP contribution is -2.28. The van der Waals surface area contributed by atoms with Crippen molar-refractivity contribution in [2.75, 3.05) is 19.9 Å². The first kappa shape index (κ1) is 17.9. The second kappa shape index (κ2) is 8.43. The van der Waals surface area contributed by atoms with Crippen molar-refractivity contribution in [3.8, 4) is 17.2 Å². The number of hydrogen-bond donors (Lipinski definition) is 0. The zero-order chi connectivity index (χ0) is 18.4. The summed E-state index contributed by atoms with van der Waals surface area (Å²) in [5.74, 6) is 2.28. The van der Waals surface area contributed by atoms with Gasteiger partial charge in [-0.3, -0.25) is 4.79 Å². The molecular weight excluding hydrogens is 330 g/mol. The van der Waals surface area contributed by atoms with E-state index in [0.717, 1.165) is 28.4 Å². The van der Waals surface area contributed by atoms with E-state index in [1.807, 2.05) is 62.4 Å². The van der Waals surface area contributed by atoms with Gasteiger partial charge in [-0.25, -0.2) is 0 Å². The molecule has 0 saturated heterocycles. The molecule has 5 nitrogen and oxygen atoms in total. The summed E-state index contributed by atoms with van der Waals surface area (Å²) in [6.45, 7) is 5.96. The summed E-state index contributed by atoms with van der Waals surface area (Å²) in [6, 6.07) is 13.4. The third-order valence-corrected chi connectivity index (χ3v) is 4.11. The Labute approximate surface area is 153 Å². The monoisotopic (exact) mass is 353 g/mol. The summed E-state index contributed by atoms with van der Waals surface area (Å²) in [6.07, 6.45) is 3.42. The lowest BCUT2D eigenvalue weighted by atomic mass is 10.1. The zero-order valence-corrected chi connectivity index (χ0v) is 15.1. The molecule has 5 heteroatoms. The van der Waals surface area contributed by atoms with Crippen molar-refractivity contribution < 1.29 is 19.0 Å². The van der Waals surface area contributed by atoms with Crippen LogP contribution in [0.5, 0.6) is 17.2 Å². The summed E-state index contributed by atoms with van der Waals surface area (Å²) in [5, 5.41) is 0. The van der Waals surface area contributed by atoms with Gasteiger partial charge in [-0.15, -0.1) is 0 Å². The first-order valence-electron chi connectivity index (χ1n) is 8.78. The van der Waals surface area contributed by atoms with E-state index in [-0.39, 0.29) is 12.7 Å². The summed E-state index contributed by atoms with van der Waals surface area (Å²) in [7, 11) is 0. The van der Waals surface area contributed by atoms with Gasteiger partial charge in [0.15, 0.2) is 11.5 Å². The van der Waals surface area contributed by atoms with Crippen LogP contribution in [0.15, 0.2) is 48.5 Å². The number of fused-ring (bicyclic) bond motifs is 1. The van der Waals surface area contributed by atoms with Crippen LogP contribution in [0.4, 0.5) is 0 Å². The minimum atomic E-state index is -0.0287. The van der Waals surface area contributed by atoms with Crippen molar-refractivity contribution in [2.24, 2.45) is 0 Å². The Hall–Kier alpha value is -2.95. The Morgan fingerprint density at radius 2 is 1.88 bits per heavy atom. The fraction of sp³-hybridized carbons (Fsp3) is 0.286. The second-order valence-corrected chi connectivity index (χ2v) is 5.88. The van der Waals surface area contributed by atoms with E-state index in [1.54, 1.807) is 11.0 Å². The third-order valence-electron chi connectivity index (χ3n) is 4.11. The van der Waals surface area contributed by atoms with Crippen LogP contribution in [0.1, 0.15) is 25.0 Å². The minimum absolute atomic E-state index is 0.0287. The van der Waals surface area contributed by atoms with Gasteiger partial charge in [0.1, 0.15) is 5.75 Å². The molecule has 0 radical (unpaired) electrons. The first-order chi connectivity index (χ1) is 12.7. The molecule has 0 atom stereocenters. The number of ether oxygens (including phenoxy) is 3. The Balaban J connectivity index is 1.63. The van der Waals surface area contributed by atoms with Gasteiger partial charge in [-0.1, -0.05) is 18.2 Å². The van der Waals surface area contributed by atoms with Crippen molar-refractivity contribution in [2.45, 2.75) is 20.4 Å². The number of amides is 1. The van der Waals surface area contributed by atoms with E-state index >= 15 is 0 Å². The van der Waals surface area contributed by atoms with Crippen LogP contribution in [0.3, 0.4) is 0 Å². The van der Waals surface area contributed by atoms with E-state index in [1.165, 1.54) is 0 Å². The maximum atomic E-state index is 12.5. The van der Waals surface area contributed by atoms with Crippen molar-refractivity contribution >= 4 is 12.0 Å². The standard InChI is InChI=1S/C21H23NO4/c1-3-22(14-17-7-11-19-20(13-17)26-15-25-19)21(23)12-8-16-5-9-18(10-6-16)24-4-2/h5-13H,3-4,14-15H2,1-2H3/b12-8+. The van der Waals surface area contributed by atoms with Crippen LogP contribution in [0.25, 0.3) is 6.08 Å². The molecule has 2 aromatic rings. The smallest absolute Gasteiger partial charge is 0.246 e. The average Bonchev–Trinajstić information content (AvgIpc) is 3.13. The quantitative estimate of drug-likeness (QED) is 0.709. The summed E-state index contributed by atoms with van der Waals surface area (Å²) in [5.41, 5.74) is 1.97. The van der Waals surface area contributed by atoms with E-state index in [9.17, 15) is 4.79 Å². The molecule has 0 bridgehead atoms. The first-order valence-corrected chi connectivity index (χ1v) is 8.78. The molecule has 0 unspecified atom stereocenters. The maximum Gasteiger partial charge on any atom is 0.246 e. The largest absolute Gasteiger partial charge is 0.494 e. The highest BCUT2D eigenvalue weighted by Crippen LogP contribution is 2.32. The van der Waals surface area contributed by atoms with Crippen LogP contribution in [0.2, 0.25) is 0 Å².